The van der Waals surface area contributed by atoms with E-state index < -0.39 is 6.04 Å². The molecule has 88 valence electrons. The molecule has 2 N–H and O–H groups in total. The van der Waals surface area contributed by atoms with Crippen molar-refractivity contribution in [1.82, 2.24) is 9.97 Å². The lowest BCUT2D eigenvalue weighted by Gasteiger charge is -2.09. The monoisotopic (exact) mass is 241 g/mol. The summed E-state index contributed by atoms with van der Waals surface area (Å²) in [5, 5.41) is 0.881. The van der Waals surface area contributed by atoms with Gasteiger partial charge in [0, 0.05) is 11.9 Å². The minimum Gasteiger partial charge on any atom is -0.465 e. The lowest BCUT2D eigenvalue weighted by Crippen LogP contribution is -2.32. The first-order valence-corrected chi connectivity index (χ1v) is 6.03. The minimum atomic E-state index is -0.547. The summed E-state index contributed by atoms with van der Waals surface area (Å²) in [5.41, 5.74) is 5.65. The summed E-state index contributed by atoms with van der Waals surface area (Å²) >= 11 is 1.55. The first-order chi connectivity index (χ1) is 7.74. The third kappa shape index (κ3) is 4.59. The number of thioether (sulfide) groups is 1. The Hall–Kier alpha value is -1.14. The molecule has 0 amide bonds. The predicted octanol–water partition coefficient (Wildman–Crippen LogP) is 0.849. The maximum atomic E-state index is 11.2. The van der Waals surface area contributed by atoms with E-state index in [0.29, 0.717) is 13.0 Å². The van der Waals surface area contributed by atoms with Crippen LogP contribution in [0.3, 0.4) is 0 Å². The molecule has 1 atom stereocenters. The lowest BCUT2D eigenvalue weighted by atomic mass is 10.2. The molecule has 0 radical (unpaired) electrons. The van der Waals surface area contributed by atoms with Crippen LogP contribution in [0.5, 0.6) is 0 Å². The van der Waals surface area contributed by atoms with Crippen LogP contribution in [0.25, 0.3) is 0 Å². The van der Waals surface area contributed by atoms with Gasteiger partial charge in [-0.2, -0.15) is 0 Å². The highest BCUT2D eigenvalue weighted by Crippen LogP contribution is 2.15. The number of rotatable bonds is 6. The van der Waals surface area contributed by atoms with Crippen LogP contribution in [0, 0.1) is 0 Å². The van der Waals surface area contributed by atoms with Crippen molar-refractivity contribution < 1.29 is 9.53 Å². The standard InChI is InChI=1S/C10H15N3O2S/c1-2-15-10(14)8(11)4-6-16-9-3-5-12-7-13-9/h3,5,7-8H,2,4,6,11H2,1H3. The number of hydrogen-bond acceptors (Lipinski definition) is 6. The Balaban J connectivity index is 2.23. The van der Waals surface area contributed by atoms with Crippen molar-refractivity contribution >= 4 is 17.7 Å². The fraction of sp³-hybridized carbons (Fsp3) is 0.500. The normalized spacial score (nSPS) is 12.1. The van der Waals surface area contributed by atoms with Gasteiger partial charge < -0.3 is 10.5 Å². The third-order valence-electron chi connectivity index (χ3n) is 1.82. The van der Waals surface area contributed by atoms with E-state index in [-0.39, 0.29) is 5.97 Å². The Kier molecular flexibility index (Phi) is 5.81. The number of carbonyl (C=O) groups is 1. The number of esters is 1. The zero-order valence-electron chi connectivity index (χ0n) is 9.13. The number of aromatic nitrogens is 2. The summed E-state index contributed by atoms with van der Waals surface area (Å²) in [5.74, 6) is 0.391. The van der Waals surface area contributed by atoms with Crippen molar-refractivity contribution in [3.63, 3.8) is 0 Å². The Morgan fingerprint density at radius 3 is 3.12 bits per heavy atom. The predicted molar refractivity (Wildman–Crippen MR) is 62.0 cm³/mol. The molecule has 0 fully saturated rings. The van der Waals surface area contributed by atoms with Crippen molar-refractivity contribution in [2.24, 2.45) is 5.73 Å². The van der Waals surface area contributed by atoms with Gasteiger partial charge in [-0.05, 0) is 19.4 Å². The van der Waals surface area contributed by atoms with Gasteiger partial charge in [0.2, 0.25) is 0 Å². The zero-order chi connectivity index (χ0) is 11.8. The second-order valence-electron chi connectivity index (χ2n) is 3.04. The fourth-order valence-electron chi connectivity index (χ4n) is 1.02. The van der Waals surface area contributed by atoms with E-state index in [2.05, 4.69) is 9.97 Å². The van der Waals surface area contributed by atoms with Gasteiger partial charge in [-0.3, -0.25) is 4.79 Å². The van der Waals surface area contributed by atoms with E-state index in [1.165, 1.54) is 6.33 Å². The molecule has 1 unspecified atom stereocenters. The molecule has 0 aliphatic carbocycles. The van der Waals surface area contributed by atoms with Crippen molar-refractivity contribution in [2.45, 2.75) is 24.4 Å². The van der Waals surface area contributed by atoms with Crippen molar-refractivity contribution in [2.75, 3.05) is 12.4 Å². The molecule has 5 nitrogen and oxygen atoms in total. The molecule has 0 bridgehead atoms. The Labute approximate surface area is 98.8 Å². The highest BCUT2D eigenvalue weighted by atomic mass is 32.2. The van der Waals surface area contributed by atoms with Gasteiger partial charge in [-0.1, -0.05) is 0 Å². The van der Waals surface area contributed by atoms with Crippen LogP contribution in [-0.4, -0.2) is 34.3 Å². The van der Waals surface area contributed by atoms with Gasteiger partial charge in [-0.25, -0.2) is 9.97 Å². The van der Waals surface area contributed by atoms with Crippen LogP contribution >= 0.6 is 11.8 Å². The molecule has 1 heterocycles. The maximum absolute atomic E-state index is 11.2. The van der Waals surface area contributed by atoms with Gasteiger partial charge in [0.1, 0.15) is 12.4 Å². The van der Waals surface area contributed by atoms with Crippen LogP contribution in [0.2, 0.25) is 0 Å². The number of ether oxygens (including phenoxy) is 1. The molecule has 1 aromatic heterocycles. The Morgan fingerprint density at radius 2 is 2.50 bits per heavy atom. The van der Waals surface area contributed by atoms with E-state index in [4.69, 9.17) is 10.5 Å². The maximum Gasteiger partial charge on any atom is 0.322 e. The number of carbonyl (C=O) groups excluding carboxylic acids is 1. The molecule has 0 spiro atoms. The van der Waals surface area contributed by atoms with Crippen LogP contribution in [0.4, 0.5) is 0 Å². The summed E-state index contributed by atoms with van der Waals surface area (Å²) < 4.78 is 4.81. The van der Waals surface area contributed by atoms with Gasteiger partial charge >= 0.3 is 5.97 Å². The summed E-state index contributed by atoms with van der Waals surface area (Å²) in [6, 6.07) is 1.27. The van der Waals surface area contributed by atoms with Gasteiger partial charge in [0.15, 0.2) is 0 Å². The lowest BCUT2D eigenvalue weighted by molar-refractivity contribution is -0.144. The molecule has 1 aromatic rings. The van der Waals surface area contributed by atoms with Crippen LogP contribution < -0.4 is 5.73 Å². The molecule has 16 heavy (non-hydrogen) atoms. The summed E-state index contributed by atoms with van der Waals surface area (Å²) in [7, 11) is 0. The Bertz CT molecular complexity index is 321. The number of nitrogens with zero attached hydrogens (tertiary/aromatic N) is 2. The number of hydrogen-bond donors (Lipinski definition) is 1. The molecule has 0 saturated carbocycles. The highest BCUT2D eigenvalue weighted by Gasteiger charge is 2.13. The first kappa shape index (κ1) is 12.9. The Morgan fingerprint density at radius 1 is 1.69 bits per heavy atom. The second-order valence-corrected chi connectivity index (χ2v) is 4.16. The molecular formula is C10H15N3O2S. The van der Waals surface area contributed by atoms with E-state index in [0.717, 1.165) is 10.8 Å². The van der Waals surface area contributed by atoms with E-state index in [9.17, 15) is 4.79 Å². The van der Waals surface area contributed by atoms with Crippen molar-refractivity contribution in [3.8, 4) is 0 Å². The summed E-state index contributed by atoms with van der Waals surface area (Å²) in [6.07, 6.45) is 3.75. The first-order valence-electron chi connectivity index (χ1n) is 5.05. The number of nitrogens with two attached hydrogens (primary N) is 1. The second kappa shape index (κ2) is 7.19. The average Bonchev–Trinajstić information content (AvgIpc) is 2.30. The van der Waals surface area contributed by atoms with Gasteiger partial charge in [0.25, 0.3) is 0 Å². The minimum absolute atomic E-state index is 0.342. The van der Waals surface area contributed by atoms with Crippen LogP contribution in [-0.2, 0) is 9.53 Å². The topological polar surface area (TPSA) is 78.1 Å². The molecular weight excluding hydrogens is 226 g/mol. The van der Waals surface area contributed by atoms with Crippen LogP contribution in [0.15, 0.2) is 23.6 Å². The summed E-state index contributed by atoms with van der Waals surface area (Å²) in [4.78, 5) is 19.1. The third-order valence-corrected chi connectivity index (χ3v) is 2.80. The summed E-state index contributed by atoms with van der Waals surface area (Å²) in [6.45, 7) is 2.13. The van der Waals surface area contributed by atoms with Gasteiger partial charge in [0.05, 0.1) is 11.6 Å². The average molecular weight is 241 g/mol. The van der Waals surface area contributed by atoms with Gasteiger partial charge in [-0.15, -0.1) is 11.8 Å². The van der Waals surface area contributed by atoms with E-state index in [1.807, 2.05) is 6.07 Å². The van der Waals surface area contributed by atoms with Crippen molar-refractivity contribution in [1.29, 1.82) is 0 Å². The van der Waals surface area contributed by atoms with Crippen molar-refractivity contribution in [3.05, 3.63) is 18.6 Å². The largest absolute Gasteiger partial charge is 0.465 e. The zero-order valence-corrected chi connectivity index (χ0v) is 9.94. The smallest absolute Gasteiger partial charge is 0.322 e. The molecule has 0 aromatic carbocycles. The van der Waals surface area contributed by atoms with E-state index >= 15 is 0 Å². The van der Waals surface area contributed by atoms with E-state index in [1.54, 1.807) is 24.9 Å². The SMILES string of the molecule is CCOC(=O)C(N)CCSc1ccncn1. The molecule has 6 heteroatoms. The quantitative estimate of drug-likeness (QED) is 0.452. The fourth-order valence-corrected chi connectivity index (χ4v) is 1.88. The molecule has 1 rings (SSSR count). The van der Waals surface area contributed by atoms with Crippen LogP contribution in [0.1, 0.15) is 13.3 Å². The molecule has 0 saturated heterocycles. The molecule has 0 aliphatic rings. The highest BCUT2D eigenvalue weighted by molar-refractivity contribution is 7.99. The molecule has 0 aliphatic heterocycles.